The van der Waals surface area contributed by atoms with E-state index in [-0.39, 0.29) is 41.5 Å². The number of hydrogen-bond donors (Lipinski definition) is 2. The van der Waals surface area contributed by atoms with Gasteiger partial charge < -0.3 is 15.2 Å². The molecule has 2 saturated carbocycles. The Morgan fingerprint density at radius 3 is 2.56 bits per heavy atom. The van der Waals surface area contributed by atoms with E-state index in [2.05, 4.69) is 18.8 Å². The Morgan fingerprint density at radius 2 is 1.92 bits per heavy atom. The van der Waals surface area contributed by atoms with Gasteiger partial charge in [-0.2, -0.15) is 0 Å². The summed E-state index contributed by atoms with van der Waals surface area (Å²) in [4.78, 5) is 36.1. The van der Waals surface area contributed by atoms with E-state index in [4.69, 9.17) is 4.74 Å². The molecule has 6 heteroatoms. The maximum atomic E-state index is 12.4. The number of rotatable bonds is 4. The smallest absolute Gasteiger partial charge is 0.302 e. The van der Waals surface area contributed by atoms with Crippen molar-refractivity contribution >= 4 is 23.3 Å². The minimum Gasteiger partial charge on any atom is -0.462 e. The van der Waals surface area contributed by atoms with Crippen LogP contribution in [0.1, 0.15) is 70.8 Å². The molecule has 0 saturated heterocycles. The van der Waals surface area contributed by atoms with Gasteiger partial charge in [-0.1, -0.05) is 30.7 Å². The highest BCUT2D eigenvalue weighted by Crippen LogP contribution is 2.67. The van der Waals surface area contributed by atoms with E-state index in [1.165, 1.54) is 25.0 Å². The molecule has 0 unspecified atom stereocenters. The molecular formula is C30H35NO5. The molecule has 1 amide bonds. The molecule has 0 heterocycles. The predicted octanol–water partition coefficient (Wildman–Crippen LogP) is 5.00. The van der Waals surface area contributed by atoms with Crippen LogP contribution in [0.25, 0.3) is 0 Å². The van der Waals surface area contributed by atoms with E-state index in [0.29, 0.717) is 25.7 Å². The Balaban J connectivity index is 1.69. The van der Waals surface area contributed by atoms with E-state index in [1.807, 2.05) is 24.3 Å². The molecule has 0 aliphatic heterocycles. The summed E-state index contributed by atoms with van der Waals surface area (Å²) in [6.07, 6.45) is 6.96. The maximum Gasteiger partial charge on any atom is 0.302 e. The normalized spacial score (nSPS) is 35.2. The Kier molecular flexibility index (Phi) is 6.06. The van der Waals surface area contributed by atoms with Crippen LogP contribution >= 0.6 is 0 Å². The van der Waals surface area contributed by atoms with Crippen LogP contribution in [0.4, 0.5) is 5.69 Å². The minimum absolute atomic E-state index is 0.0165. The van der Waals surface area contributed by atoms with E-state index in [0.717, 1.165) is 29.7 Å². The third-order valence-electron chi connectivity index (χ3n) is 9.24. The lowest BCUT2D eigenvalue weighted by Crippen LogP contribution is -2.53. The van der Waals surface area contributed by atoms with Crippen molar-refractivity contribution in [2.75, 3.05) is 5.32 Å². The molecule has 1 aromatic rings. The lowest BCUT2D eigenvalue weighted by Gasteiger charge is -2.55. The number of benzene rings is 1. The fourth-order valence-corrected chi connectivity index (χ4v) is 7.64. The lowest BCUT2D eigenvalue weighted by molar-refractivity contribution is -0.153. The number of carbonyl (C=O) groups is 3. The van der Waals surface area contributed by atoms with Gasteiger partial charge in [-0.15, -0.1) is 6.58 Å². The molecule has 6 nitrogen and oxygen atoms in total. The van der Waals surface area contributed by atoms with Crippen molar-refractivity contribution in [2.45, 2.75) is 76.9 Å². The number of fused-ring (bicyclic) bond motifs is 4. The van der Waals surface area contributed by atoms with Gasteiger partial charge in [-0.25, -0.2) is 0 Å². The molecule has 0 radical (unpaired) electrons. The Morgan fingerprint density at radius 1 is 1.19 bits per heavy atom. The Hall–Kier alpha value is -2.99. The van der Waals surface area contributed by atoms with Crippen molar-refractivity contribution in [1.29, 1.82) is 0 Å². The summed E-state index contributed by atoms with van der Waals surface area (Å²) in [7, 11) is 0. The van der Waals surface area contributed by atoms with Gasteiger partial charge in [0, 0.05) is 49.6 Å². The Bertz CT molecular complexity index is 1190. The molecule has 2 N–H and O–H groups in total. The topological polar surface area (TPSA) is 92.7 Å². The van der Waals surface area contributed by atoms with Crippen molar-refractivity contribution in [1.82, 2.24) is 0 Å². The molecule has 0 bridgehead atoms. The van der Waals surface area contributed by atoms with Gasteiger partial charge in [0.05, 0.1) is 5.60 Å². The number of hydrogen-bond acceptors (Lipinski definition) is 5. The van der Waals surface area contributed by atoms with Crippen LogP contribution in [0.3, 0.4) is 0 Å². The molecule has 2 fully saturated rings. The van der Waals surface area contributed by atoms with E-state index in [1.54, 1.807) is 12.2 Å². The summed E-state index contributed by atoms with van der Waals surface area (Å²) in [6.45, 7) is 9.08. The molecule has 190 valence electrons. The highest BCUT2D eigenvalue weighted by atomic mass is 16.5. The van der Waals surface area contributed by atoms with Crippen LogP contribution in [0.2, 0.25) is 0 Å². The van der Waals surface area contributed by atoms with Crippen molar-refractivity contribution in [3.63, 3.8) is 0 Å². The second-order valence-corrected chi connectivity index (χ2v) is 11.2. The second-order valence-electron chi connectivity index (χ2n) is 11.2. The zero-order chi connectivity index (χ0) is 25.8. The van der Waals surface area contributed by atoms with Gasteiger partial charge in [0.2, 0.25) is 5.91 Å². The summed E-state index contributed by atoms with van der Waals surface area (Å²) in [5.41, 5.74) is 3.84. The molecule has 4 aliphatic rings. The van der Waals surface area contributed by atoms with Crippen molar-refractivity contribution < 1.29 is 24.2 Å². The number of allylic oxidation sites excluding steroid dienone is 2. The predicted molar refractivity (Wildman–Crippen MR) is 137 cm³/mol. The minimum atomic E-state index is -1.01. The summed E-state index contributed by atoms with van der Waals surface area (Å²) >= 11 is 0. The number of aliphatic hydroxyl groups is 1. The second kappa shape index (κ2) is 8.84. The standard InChI is InChI=1S/C30H35NO5/c1-5-30(35)13-12-25-28-26(36-18(3)33)15-20-14-22(34)10-11-23(20)27(28)24(16-29(25,30)4)19-6-8-21(9-7-19)31-17(2)32/h5-9,14,24-26,28,35H,1,10-13,15-16H2,2-4H3,(H,31,32)/t24-,25+,26+,28-,29+,30+/m1/s1. The summed E-state index contributed by atoms with van der Waals surface area (Å²) in [5.74, 6) is -0.263. The summed E-state index contributed by atoms with van der Waals surface area (Å²) in [5, 5.41) is 14.6. The first-order valence-corrected chi connectivity index (χ1v) is 12.9. The van der Waals surface area contributed by atoms with E-state index >= 15 is 0 Å². The van der Waals surface area contributed by atoms with Crippen LogP contribution in [0.15, 0.2) is 59.7 Å². The molecule has 5 rings (SSSR count). The van der Waals surface area contributed by atoms with Crippen molar-refractivity contribution in [3.8, 4) is 0 Å². The molecule has 4 aliphatic carbocycles. The number of ether oxygens (including phenoxy) is 1. The third kappa shape index (κ3) is 3.86. The largest absolute Gasteiger partial charge is 0.462 e. The number of esters is 1. The SMILES string of the molecule is C=C[C@]1(O)CC[C@H]2[C@H]3C(=C4CCC(=O)C=C4C[C@@H]3OC(C)=O)[C@@H](c3ccc(NC(C)=O)cc3)C[C@@]21C. The van der Waals surface area contributed by atoms with Gasteiger partial charge in [0.1, 0.15) is 6.10 Å². The molecular weight excluding hydrogens is 454 g/mol. The average Bonchev–Trinajstić information content (AvgIpc) is 3.09. The third-order valence-corrected chi connectivity index (χ3v) is 9.24. The lowest BCUT2D eigenvalue weighted by atomic mass is 9.50. The highest BCUT2D eigenvalue weighted by molar-refractivity contribution is 5.93. The molecule has 1 aromatic carbocycles. The molecule has 0 spiro atoms. The van der Waals surface area contributed by atoms with Crippen LogP contribution < -0.4 is 5.32 Å². The van der Waals surface area contributed by atoms with Crippen LogP contribution in [-0.2, 0) is 19.1 Å². The van der Waals surface area contributed by atoms with Crippen molar-refractivity contribution in [3.05, 3.63) is 65.3 Å². The first-order chi connectivity index (χ1) is 17.1. The van der Waals surface area contributed by atoms with Gasteiger partial charge >= 0.3 is 5.97 Å². The molecule has 0 aromatic heterocycles. The van der Waals surface area contributed by atoms with Crippen LogP contribution in [0, 0.1) is 17.3 Å². The number of amides is 1. The fraction of sp³-hybridized carbons (Fsp3) is 0.500. The zero-order valence-corrected chi connectivity index (χ0v) is 21.3. The van der Waals surface area contributed by atoms with Gasteiger partial charge in [0.25, 0.3) is 0 Å². The summed E-state index contributed by atoms with van der Waals surface area (Å²) < 4.78 is 5.97. The number of nitrogens with one attached hydrogen (secondary N) is 1. The van der Waals surface area contributed by atoms with E-state index < -0.39 is 11.0 Å². The quantitative estimate of drug-likeness (QED) is 0.459. The molecule has 6 atom stereocenters. The fourth-order valence-electron chi connectivity index (χ4n) is 7.64. The number of carbonyl (C=O) groups excluding carboxylic acids is 3. The maximum absolute atomic E-state index is 12.4. The zero-order valence-electron chi connectivity index (χ0n) is 21.3. The first kappa shape index (κ1) is 24.7. The van der Waals surface area contributed by atoms with Gasteiger partial charge in [-0.3, -0.25) is 14.4 Å². The van der Waals surface area contributed by atoms with Gasteiger partial charge in [0.15, 0.2) is 5.78 Å². The van der Waals surface area contributed by atoms with Crippen molar-refractivity contribution in [2.24, 2.45) is 17.3 Å². The van der Waals surface area contributed by atoms with E-state index in [9.17, 15) is 19.5 Å². The monoisotopic (exact) mass is 489 g/mol. The number of anilines is 1. The Labute approximate surface area is 212 Å². The average molecular weight is 490 g/mol. The van der Waals surface area contributed by atoms with Crippen LogP contribution in [0.5, 0.6) is 0 Å². The molecule has 36 heavy (non-hydrogen) atoms. The first-order valence-electron chi connectivity index (χ1n) is 12.9. The van der Waals surface area contributed by atoms with Gasteiger partial charge in [-0.05, 0) is 66.5 Å². The summed E-state index contributed by atoms with van der Waals surface area (Å²) in [6, 6.07) is 7.90. The van der Waals surface area contributed by atoms with Crippen LogP contribution in [-0.4, -0.2) is 34.5 Å². The highest BCUT2D eigenvalue weighted by Gasteiger charge is 2.63. The number of ketones is 1.